The molecule has 1 aliphatic carbocycles. The zero-order valence-corrected chi connectivity index (χ0v) is 12.5. The second kappa shape index (κ2) is 5.83. The monoisotopic (exact) mass is 276 g/mol. The van der Waals surface area contributed by atoms with E-state index in [4.69, 9.17) is 10.5 Å². The first-order chi connectivity index (χ1) is 9.40. The van der Waals surface area contributed by atoms with Gasteiger partial charge in [0.25, 0.3) is 0 Å². The summed E-state index contributed by atoms with van der Waals surface area (Å²) in [6.07, 6.45) is 2.72. The first-order valence-corrected chi connectivity index (χ1v) is 7.20. The van der Waals surface area contributed by atoms with Gasteiger partial charge in [-0.3, -0.25) is 4.79 Å². The van der Waals surface area contributed by atoms with E-state index in [0.29, 0.717) is 12.5 Å². The van der Waals surface area contributed by atoms with E-state index in [0.717, 1.165) is 24.2 Å². The van der Waals surface area contributed by atoms with E-state index in [-0.39, 0.29) is 12.0 Å². The van der Waals surface area contributed by atoms with E-state index in [1.54, 1.807) is 0 Å². The van der Waals surface area contributed by atoms with Gasteiger partial charge in [-0.1, -0.05) is 18.2 Å². The van der Waals surface area contributed by atoms with Crippen molar-refractivity contribution < 1.29 is 9.53 Å². The number of rotatable bonds is 7. The molecule has 1 amide bonds. The van der Waals surface area contributed by atoms with Crippen LogP contribution in [0.5, 0.6) is 5.75 Å². The van der Waals surface area contributed by atoms with Crippen LogP contribution in [0.4, 0.5) is 0 Å². The predicted molar refractivity (Wildman–Crippen MR) is 79.6 cm³/mol. The smallest absolute Gasteiger partial charge is 0.237 e. The summed E-state index contributed by atoms with van der Waals surface area (Å²) in [4.78, 5) is 11.7. The van der Waals surface area contributed by atoms with Crippen molar-refractivity contribution >= 4 is 5.91 Å². The molecule has 1 aromatic carbocycles. The fourth-order valence-corrected chi connectivity index (χ4v) is 2.43. The van der Waals surface area contributed by atoms with Crippen LogP contribution in [-0.4, -0.2) is 23.6 Å². The fourth-order valence-electron chi connectivity index (χ4n) is 2.43. The minimum absolute atomic E-state index is 0.0835. The fraction of sp³-hybridized carbons (Fsp3) is 0.562. The third kappa shape index (κ3) is 3.73. The molecular weight excluding hydrogens is 252 g/mol. The highest BCUT2D eigenvalue weighted by Gasteiger charge is 2.38. The lowest BCUT2D eigenvalue weighted by Crippen LogP contribution is -2.55. The summed E-state index contributed by atoms with van der Waals surface area (Å²) in [5.74, 6) is 0.544. The minimum Gasteiger partial charge on any atom is -0.490 e. The number of nitrogens with two attached hydrogens (primary N) is 1. The standard InChI is InChI=1S/C16H24N2O2/c1-11-6-4-5-7-14(11)20-12(2)10-16(3,15(17)19)18-13-8-9-13/h4-7,12-13,18H,8-10H2,1-3H3,(H2,17,19). The Morgan fingerprint density at radius 1 is 1.50 bits per heavy atom. The number of primary amides is 1. The van der Waals surface area contributed by atoms with Crippen LogP contribution in [0.25, 0.3) is 0 Å². The first kappa shape index (κ1) is 14.9. The van der Waals surface area contributed by atoms with Gasteiger partial charge >= 0.3 is 0 Å². The topological polar surface area (TPSA) is 64.3 Å². The van der Waals surface area contributed by atoms with Crippen LogP contribution in [0.2, 0.25) is 0 Å². The second-order valence-electron chi connectivity index (χ2n) is 6.01. The van der Waals surface area contributed by atoms with E-state index < -0.39 is 5.54 Å². The van der Waals surface area contributed by atoms with Crippen molar-refractivity contribution in [1.82, 2.24) is 5.32 Å². The Morgan fingerprint density at radius 3 is 2.70 bits per heavy atom. The average Bonchev–Trinajstić information content (AvgIpc) is 3.15. The number of nitrogens with one attached hydrogen (secondary N) is 1. The van der Waals surface area contributed by atoms with Gasteiger partial charge in [-0.2, -0.15) is 0 Å². The van der Waals surface area contributed by atoms with Gasteiger partial charge in [0.1, 0.15) is 5.75 Å². The Kier molecular flexibility index (Phi) is 4.33. The van der Waals surface area contributed by atoms with E-state index in [1.807, 2.05) is 45.0 Å². The molecule has 0 bridgehead atoms. The van der Waals surface area contributed by atoms with Crippen molar-refractivity contribution in [2.24, 2.45) is 5.73 Å². The number of carbonyl (C=O) groups is 1. The van der Waals surface area contributed by atoms with Crippen LogP contribution in [0, 0.1) is 6.92 Å². The number of benzene rings is 1. The molecule has 2 rings (SSSR count). The maximum Gasteiger partial charge on any atom is 0.237 e. The van der Waals surface area contributed by atoms with Crippen molar-refractivity contribution in [1.29, 1.82) is 0 Å². The Balaban J connectivity index is 1.99. The highest BCUT2D eigenvalue weighted by atomic mass is 16.5. The molecule has 3 N–H and O–H groups in total. The Bertz CT molecular complexity index is 485. The number of hydrogen-bond acceptors (Lipinski definition) is 3. The van der Waals surface area contributed by atoms with Crippen molar-refractivity contribution in [3.8, 4) is 5.75 Å². The van der Waals surface area contributed by atoms with Gasteiger partial charge in [0.2, 0.25) is 5.91 Å². The molecule has 2 unspecified atom stereocenters. The normalized spacial score (nSPS) is 19.1. The lowest BCUT2D eigenvalue weighted by Gasteiger charge is -2.30. The van der Waals surface area contributed by atoms with Crippen LogP contribution in [0.3, 0.4) is 0 Å². The first-order valence-electron chi connectivity index (χ1n) is 7.20. The minimum atomic E-state index is -0.705. The van der Waals surface area contributed by atoms with Crippen molar-refractivity contribution in [3.63, 3.8) is 0 Å². The highest BCUT2D eigenvalue weighted by molar-refractivity contribution is 5.84. The van der Waals surface area contributed by atoms with Crippen LogP contribution in [0.1, 0.15) is 38.7 Å². The summed E-state index contributed by atoms with van der Waals surface area (Å²) >= 11 is 0. The molecule has 0 saturated heterocycles. The van der Waals surface area contributed by atoms with E-state index in [9.17, 15) is 4.79 Å². The SMILES string of the molecule is Cc1ccccc1OC(C)CC(C)(NC1CC1)C(N)=O. The molecule has 4 nitrogen and oxygen atoms in total. The lowest BCUT2D eigenvalue weighted by atomic mass is 9.93. The van der Waals surface area contributed by atoms with E-state index in [1.165, 1.54) is 0 Å². The van der Waals surface area contributed by atoms with Gasteiger partial charge in [0, 0.05) is 12.5 Å². The van der Waals surface area contributed by atoms with E-state index >= 15 is 0 Å². The number of amides is 1. The molecule has 0 aromatic heterocycles. The maximum atomic E-state index is 11.7. The van der Waals surface area contributed by atoms with Gasteiger partial charge < -0.3 is 15.8 Å². The molecule has 1 aliphatic rings. The second-order valence-corrected chi connectivity index (χ2v) is 6.01. The summed E-state index contributed by atoms with van der Waals surface area (Å²) < 4.78 is 5.95. The summed E-state index contributed by atoms with van der Waals surface area (Å²) in [5.41, 5.74) is 5.95. The quantitative estimate of drug-likeness (QED) is 0.802. The third-order valence-electron chi connectivity index (χ3n) is 3.76. The van der Waals surface area contributed by atoms with Crippen LogP contribution in [-0.2, 0) is 4.79 Å². The summed E-state index contributed by atoms with van der Waals surface area (Å²) in [6.45, 7) is 5.85. The highest BCUT2D eigenvalue weighted by Crippen LogP contribution is 2.26. The summed E-state index contributed by atoms with van der Waals surface area (Å²) in [5, 5.41) is 3.34. The Morgan fingerprint density at radius 2 is 2.15 bits per heavy atom. The zero-order valence-electron chi connectivity index (χ0n) is 12.5. The van der Waals surface area contributed by atoms with Crippen LogP contribution >= 0.6 is 0 Å². The molecule has 0 radical (unpaired) electrons. The number of para-hydroxylation sites is 1. The van der Waals surface area contributed by atoms with Gasteiger partial charge in [-0.15, -0.1) is 0 Å². The molecule has 2 atom stereocenters. The van der Waals surface area contributed by atoms with E-state index in [2.05, 4.69) is 5.32 Å². The van der Waals surface area contributed by atoms with Gasteiger partial charge in [0.15, 0.2) is 0 Å². The third-order valence-corrected chi connectivity index (χ3v) is 3.76. The number of aryl methyl sites for hydroxylation is 1. The van der Waals surface area contributed by atoms with Crippen LogP contribution in [0.15, 0.2) is 24.3 Å². The van der Waals surface area contributed by atoms with Crippen LogP contribution < -0.4 is 15.8 Å². The summed E-state index contributed by atoms with van der Waals surface area (Å²) in [6, 6.07) is 8.32. The average molecular weight is 276 g/mol. The molecule has 1 saturated carbocycles. The Labute approximate surface area is 120 Å². The molecule has 4 heteroatoms. The van der Waals surface area contributed by atoms with Gasteiger partial charge in [0.05, 0.1) is 11.6 Å². The van der Waals surface area contributed by atoms with Crippen molar-refractivity contribution in [2.45, 2.75) is 57.7 Å². The summed E-state index contributed by atoms with van der Waals surface area (Å²) in [7, 11) is 0. The molecule has 20 heavy (non-hydrogen) atoms. The van der Waals surface area contributed by atoms with Gasteiger partial charge in [-0.05, 0) is 45.2 Å². The van der Waals surface area contributed by atoms with Crippen molar-refractivity contribution in [2.75, 3.05) is 0 Å². The largest absolute Gasteiger partial charge is 0.490 e. The zero-order chi connectivity index (χ0) is 14.8. The van der Waals surface area contributed by atoms with Gasteiger partial charge in [-0.25, -0.2) is 0 Å². The predicted octanol–water partition coefficient (Wildman–Crippen LogP) is 2.15. The molecule has 1 aromatic rings. The van der Waals surface area contributed by atoms with Crippen molar-refractivity contribution in [3.05, 3.63) is 29.8 Å². The molecule has 0 spiro atoms. The molecular formula is C16H24N2O2. The molecule has 1 fully saturated rings. The number of hydrogen-bond donors (Lipinski definition) is 2. The number of ether oxygens (including phenoxy) is 1. The Hall–Kier alpha value is -1.55. The molecule has 0 heterocycles. The maximum absolute atomic E-state index is 11.7. The molecule has 110 valence electrons. The number of carbonyl (C=O) groups excluding carboxylic acids is 1. The molecule has 0 aliphatic heterocycles. The lowest BCUT2D eigenvalue weighted by molar-refractivity contribution is -0.124.